The molecule has 0 aliphatic heterocycles. The summed E-state index contributed by atoms with van der Waals surface area (Å²) in [4.78, 5) is 0. The topological polar surface area (TPSA) is 0 Å². The Hall–Kier alpha value is -0.260. The summed E-state index contributed by atoms with van der Waals surface area (Å²) in [6.45, 7) is 15.3. The Kier molecular flexibility index (Phi) is 6.32. The minimum atomic E-state index is 0.567. The zero-order chi connectivity index (χ0) is 20.8. The Morgan fingerprint density at radius 3 is 2.48 bits per heavy atom. The van der Waals surface area contributed by atoms with Crippen LogP contribution in [0.4, 0.5) is 0 Å². The second-order valence-corrected chi connectivity index (χ2v) is 12.7. The van der Waals surface area contributed by atoms with Crippen molar-refractivity contribution in [3.8, 4) is 0 Å². The fourth-order valence-corrected chi connectivity index (χ4v) is 9.36. The molecule has 3 saturated carbocycles. The van der Waals surface area contributed by atoms with Gasteiger partial charge in [0.1, 0.15) is 0 Å². The van der Waals surface area contributed by atoms with Crippen LogP contribution in [-0.2, 0) is 0 Å². The van der Waals surface area contributed by atoms with E-state index in [1.54, 1.807) is 0 Å². The van der Waals surface area contributed by atoms with Gasteiger partial charge in [0, 0.05) is 0 Å². The molecule has 0 heteroatoms. The highest BCUT2D eigenvalue weighted by Gasteiger charge is 2.58. The molecule has 166 valence electrons. The Labute approximate surface area is 182 Å². The lowest BCUT2D eigenvalue weighted by Gasteiger charge is -2.58. The van der Waals surface area contributed by atoms with Gasteiger partial charge in [-0.05, 0) is 110 Å². The molecule has 4 rings (SSSR count). The van der Waals surface area contributed by atoms with Crippen molar-refractivity contribution in [1.82, 2.24) is 0 Å². The van der Waals surface area contributed by atoms with E-state index in [4.69, 9.17) is 0 Å². The molecule has 0 amide bonds. The summed E-state index contributed by atoms with van der Waals surface area (Å²) >= 11 is 0. The fourth-order valence-electron chi connectivity index (χ4n) is 9.36. The lowest BCUT2D eigenvalue weighted by Crippen LogP contribution is -2.50. The van der Waals surface area contributed by atoms with Crippen LogP contribution in [-0.4, -0.2) is 0 Å². The van der Waals surface area contributed by atoms with Crippen LogP contribution in [0.1, 0.15) is 119 Å². The third kappa shape index (κ3) is 3.67. The van der Waals surface area contributed by atoms with E-state index >= 15 is 0 Å². The van der Waals surface area contributed by atoms with Gasteiger partial charge in [0.25, 0.3) is 0 Å². The van der Waals surface area contributed by atoms with Crippen molar-refractivity contribution in [1.29, 1.82) is 0 Å². The van der Waals surface area contributed by atoms with E-state index in [1.807, 2.05) is 5.57 Å². The molecule has 0 spiro atoms. The molecular formula is C29H50. The standard InChI is InChI=1S/C29H50/c1-7-22(20(2)3)12-11-21(4)25-15-16-26-24-14-13-23-10-8-9-18-28(23,5)27(24)17-19-29(25,26)6/h13,20-22,24-27H,7-12,14-19H2,1-6H3/t21-,22?,24+,25-,26+,27+,28+,29-/m1/s1. The normalized spacial score (nSPS) is 43.9. The largest absolute Gasteiger partial charge is 0.0845 e. The number of hydrogen-bond acceptors (Lipinski definition) is 0. The number of rotatable bonds is 6. The van der Waals surface area contributed by atoms with Gasteiger partial charge in [-0.25, -0.2) is 0 Å². The summed E-state index contributed by atoms with van der Waals surface area (Å²) < 4.78 is 0. The van der Waals surface area contributed by atoms with Crippen molar-refractivity contribution in [3.63, 3.8) is 0 Å². The molecular weight excluding hydrogens is 348 g/mol. The van der Waals surface area contributed by atoms with Crippen LogP contribution < -0.4 is 0 Å². The Morgan fingerprint density at radius 2 is 1.76 bits per heavy atom. The van der Waals surface area contributed by atoms with Crippen LogP contribution in [0, 0.1) is 52.3 Å². The lowest BCUT2D eigenvalue weighted by atomic mass is 9.47. The number of allylic oxidation sites excluding steroid dienone is 2. The van der Waals surface area contributed by atoms with Crippen LogP contribution in [0.2, 0.25) is 0 Å². The molecule has 0 radical (unpaired) electrons. The van der Waals surface area contributed by atoms with Crippen LogP contribution in [0.3, 0.4) is 0 Å². The van der Waals surface area contributed by atoms with Gasteiger partial charge in [-0.1, -0.05) is 72.5 Å². The van der Waals surface area contributed by atoms with Gasteiger partial charge in [0.15, 0.2) is 0 Å². The molecule has 0 nitrogen and oxygen atoms in total. The number of hydrogen-bond donors (Lipinski definition) is 0. The minimum Gasteiger partial charge on any atom is -0.0845 e. The second kappa shape index (κ2) is 8.35. The van der Waals surface area contributed by atoms with Crippen molar-refractivity contribution in [3.05, 3.63) is 11.6 Å². The van der Waals surface area contributed by atoms with Gasteiger partial charge in [0.05, 0.1) is 0 Å². The first kappa shape index (κ1) is 22.0. The van der Waals surface area contributed by atoms with Crippen LogP contribution >= 0.6 is 0 Å². The summed E-state index contributed by atoms with van der Waals surface area (Å²) in [5.41, 5.74) is 3.07. The van der Waals surface area contributed by atoms with Gasteiger partial charge >= 0.3 is 0 Å². The monoisotopic (exact) mass is 398 g/mol. The maximum Gasteiger partial charge on any atom is -0.00853 e. The van der Waals surface area contributed by atoms with Crippen LogP contribution in [0.5, 0.6) is 0 Å². The lowest BCUT2D eigenvalue weighted by molar-refractivity contribution is -0.0503. The Balaban J connectivity index is 1.47. The summed E-state index contributed by atoms with van der Waals surface area (Å²) in [5, 5.41) is 0. The summed E-state index contributed by atoms with van der Waals surface area (Å²) in [6, 6.07) is 0. The smallest absolute Gasteiger partial charge is 0.00853 e. The first-order chi connectivity index (χ1) is 13.8. The highest BCUT2D eigenvalue weighted by molar-refractivity contribution is 5.24. The Bertz CT molecular complexity index is 599. The maximum atomic E-state index is 2.75. The summed E-state index contributed by atoms with van der Waals surface area (Å²) in [7, 11) is 0. The quantitative estimate of drug-likeness (QED) is 0.391. The third-order valence-corrected chi connectivity index (χ3v) is 11.2. The van der Waals surface area contributed by atoms with Crippen LogP contribution in [0.15, 0.2) is 11.6 Å². The Morgan fingerprint density at radius 1 is 0.966 bits per heavy atom. The van der Waals surface area contributed by atoms with E-state index in [9.17, 15) is 0 Å². The van der Waals surface area contributed by atoms with Crippen LogP contribution in [0.25, 0.3) is 0 Å². The van der Waals surface area contributed by atoms with E-state index in [2.05, 4.69) is 47.6 Å². The zero-order valence-corrected chi connectivity index (χ0v) is 20.6. The van der Waals surface area contributed by atoms with E-state index in [0.717, 1.165) is 41.4 Å². The SMILES string of the molecule is CCC(CC[C@@H](C)[C@H]1CC[C@H]2[C@@H]3CC=C4CCCC[C@]4(C)[C@H]3CC[C@]12C)C(C)C. The van der Waals surface area contributed by atoms with Gasteiger partial charge < -0.3 is 0 Å². The summed E-state index contributed by atoms with van der Waals surface area (Å²) in [5.74, 6) is 6.71. The molecule has 0 aromatic heterocycles. The first-order valence-electron chi connectivity index (χ1n) is 13.5. The highest BCUT2D eigenvalue weighted by atomic mass is 14.6. The van der Waals surface area contributed by atoms with Crippen molar-refractivity contribution in [2.45, 2.75) is 119 Å². The predicted octanol–water partition coefficient (Wildman–Crippen LogP) is 9.05. The molecule has 3 fully saturated rings. The van der Waals surface area contributed by atoms with E-state index in [-0.39, 0.29) is 0 Å². The van der Waals surface area contributed by atoms with Crippen molar-refractivity contribution >= 4 is 0 Å². The van der Waals surface area contributed by atoms with Crippen molar-refractivity contribution in [2.75, 3.05) is 0 Å². The summed E-state index contributed by atoms with van der Waals surface area (Å²) in [6.07, 6.45) is 20.4. The van der Waals surface area contributed by atoms with E-state index < -0.39 is 0 Å². The third-order valence-electron chi connectivity index (χ3n) is 11.2. The van der Waals surface area contributed by atoms with E-state index in [0.29, 0.717) is 10.8 Å². The van der Waals surface area contributed by atoms with Crippen molar-refractivity contribution in [2.24, 2.45) is 52.3 Å². The predicted molar refractivity (Wildman–Crippen MR) is 127 cm³/mol. The number of fused-ring (bicyclic) bond motifs is 5. The molecule has 0 aromatic rings. The molecule has 1 unspecified atom stereocenters. The first-order valence-corrected chi connectivity index (χ1v) is 13.5. The molecule has 4 aliphatic carbocycles. The average molecular weight is 399 g/mol. The average Bonchev–Trinajstić information content (AvgIpc) is 3.05. The molecule has 29 heavy (non-hydrogen) atoms. The molecule has 0 N–H and O–H groups in total. The zero-order valence-electron chi connectivity index (χ0n) is 20.6. The molecule has 4 aliphatic rings. The molecule has 0 saturated heterocycles. The molecule has 0 heterocycles. The highest BCUT2D eigenvalue weighted by Crippen LogP contribution is 2.67. The van der Waals surface area contributed by atoms with Gasteiger partial charge in [-0.2, -0.15) is 0 Å². The van der Waals surface area contributed by atoms with Crippen molar-refractivity contribution < 1.29 is 0 Å². The molecule has 0 bridgehead atoms. The minimum absolute atomic E-state index is 0.567. The van der Waals surface area contributed by atoms with Gasteiger partial charge in [-0.15, -0.1) is 0 Å². The fraction of sp³-hybridized carbons (Fsp3) is 0.931. The molecule has 8 atom stereocenters. The van der Waals surface area contributed by atoms with Gasteiger partial charge in [0.2, 0.25) is 0 Å². The molecule has 0 aromatic carbocycles. The van der Waals surface area contributed by atoms with E-state index in [1.165, 1.54) is 77.0 Å². The second-order valence-electron chi connectivity index (χ2n) is 12.7. The van der Waals surface area contributed by atoms with Gasteiger partial charge in [-0.3, -0.25) is 0 Å². The maximum absolute atomic E-state index is 2.75.